The van der Waals surface area contributed by atoms with Crippen molar-refractivity contribution in [2.75, 3.05) is 19.6 Å². The van der Waals surface area contributed by atoms with Gasteiger partial charge in [-0.15, -0.1) is 0 Å². The van der Waals surface area contributed by atoms with Crippen LogP contribution in [0.15, 0.2) is 0 Å². The van der Waals surface area contributed by atoms with Crippen molar-refractivity contribution in [1.82, 2.24) is 10.2 Å². The normalized spacial score (nSPS) is 10.9. The molecular weight excluding hydrogens is 204 g/mol. The summed E-state index contributed by atoms with van der Waals surface area (Å²) in [6, 6.07) is 0. The van der Waals surface area contributed by atoms with Gasteiger partial charge in [-0.1, -0.05) is 34.6 Å². The van der Waals surface area contributed by atoms with Crippen LogP contribution in [-0.2, 0) is 0 Å². The van der Waals surface area contributed by atoms with Crippen LogP contribution in [0.5, 0.6) is 0 Å². The molecule has 0 radical (unpaired) electrons. The van der Waals surface area contributed by atoms with Gasteiger partial charge in [0.15, 0.2) is 5.11 Å². The molecule has 3 heteroatoms. The number of nitrogens with one attached hydrogen (secondary N) is 1. The van der Waals surface area contributed by atoms with E-state index in [1.54, 1.807) is 0 Å². The second kappa shape index (κ2) is 7.91. The molecule has 0 aliphatic carbocycles. The Morgan fingerprint density at radius 1 is 1.13 bits per heavy atom. The maximum Gasteiger partial charge on any atom is 0.168 e. The highest BCUT2D eigenvalue weighted by atomic mass is 32.1. The second-order valence-electron chi connectivity index (χ2n) is 4.92. The lowest BCUT2D eigenvalue weighted by Crippen LogP contribution is -2.43. The Hall–Kier alpha value is -0.310. The molecule has 0 saturated carbocycles. The Balaban J connectivity index is 4.14. The molecule has 2 nitrogen and oxygen atoms in total. The molecule has 0 aromatic carbocycles. The van der Waals surface area contributed by atoms with E-state index in [1.807, 2.05) is 0 Å². The summed E-state index contributed by atoms with van der Waals surface area (Å²) in [7, 11) is 0. The zero-order valence-electron chi connectivity index (χ0n) is 10.8. The minimum atomic E-state index is 0.658. The van der Waals surface area contributed by atoms with Crippen LogP contribution in [0.25, 0.3) is 0 Å². The van der Waals surface area contributed by atoms with Gasteiger partial charge in [0.25, 0.3) is 0 Å². The van der Waals surface area contributed by atoms with Crippen molar-refractivity contribution in [2.45, 2.75) is 41.0 Å². The van der Waals surface area contributed by atoms with Gasteiger partial charge in [0.2, 0.25) is 0 Å². The molecule has 15 heavy (non-hydrogen) atoms. The lowest BCUT2D eigenvalue weighted by Gasteiger charge is -2.29. The number of rotatable bonds is 6. The van der Waals surface area contributed by atoms with Gasteiger partial charge in [-0.05, 0) is 30.5 Å². The number of hydrogen-bond acceptors (Lipinski definition) is 1. The predicted molar refractivity (Wildman–Crippen MR) is 72.1 cm³/mol. The Morgan fingerprint density at radius 3 is 1.93 bits per heavy atom. The molecule has 0 rings (SSSR count). The summed E-state index contributed by atoms with van der Waals surface area (Å²) in [6.45, 7) is 14.2. The lowest BCUT2D eigenvalue weighted by molar-refractivity contribution is 0.324. The molecule has 0 spiro atoms. The number of nitrogens with zero attached hydrogens (tertiary/aromatic N) is 1. The predicted octanol–water partition coefficient (Wildman–Crippen LogP) is 2.88. The zero-order valence-corrected chi connectivity index (χ0v) is 11.7. The standard InChI is InChI=1S/C12H26N2S/c1-6-7-13-12(15)14(8-10(2)3)9-11(4)5/h10-11H,6-9H2,1-5H3,(H,13,15). The minimum absolute atomic E-state index is 0.658. The van der Waals surface area contributed by atoms with Gasteiger partial charge in [-0.3, -0.25) is 0 Å². The van der Waals surface area contributed by atoms with Gasteiger partial charge in [-0.25, -0.2) is 0 Å². The Morgan fingerprint density at radius 2 is 1.60 bits per heavy atom. The van der Waals surface area contributed by atoms with E-state index in [9.17, 15) is 0 Å². The fraction of sp³-hybridized carbons (Fsp3) is 0.917. The molecule has 0 aliphatic rings. The van der Waals surface area contributed by atoms with Gasteiger partial charge in [0.05, 0.1) is 0 Å². The second-order valence-corrected chi connectivity index (χ2v) is 5.31. The molecule has 1 N–H and O–H groups in total. The first-order valence-electron chi connectivity index (χ1n) is 6.00. The van der Waals surface area contributed by atoms with Crippen LogP contribution in [0.3, 0.4) is 0 Å². The van der Waals surface area contributed by atoms with Gasteiger partial charge in [-0.2, -0.15) is 0 Å². The summed E-state index contributed by atoms with van der Waals surface area (Å²) in [5.41, 5.74) is 0. The minimum Gasteiger partial charge on any atom is -0.363 e. The molecule has 0 amide bonds. The van der Waals surface area contributed by atoms with E-state index in [1.165, 1.54) is 0 Å². The average Bonchev–Trinajstić information content (AvgIpc) is 2.11. The van der Waals surface area contributed by atoms with E-state index in [-0.39, 0.29) is 0 Å². The third-order valence-electron chi connectivity index (χ3n) is 1.98. The molecule has 0 fully saturated rings. The van der Waals surface area contributed by atoms with E-state index >= 15 is 0 Å². The highest BCUT2D eigenvalue weighted by Gasteiger charge is 2.12. The summed E-state index contributed by atoms with van der Waals surface area (Å²) in [4.78, 5) is 2.29. The van der Waals surface area contributed by atoms with Crippen molar-refractivity contribution in [2.24, 2.45) is 11.8 Å². The maximum absolute atomic E-state index is 5.39. The largest absolute Gasteiger partial charge is 0.363 e. The van der Waals surface area contributed by atoms with Crippen molar-refractivity contribution >= 4 is 17.3 Å². The molecule has 0 saturated heterocycles. The fourth-order valence-corrected chi connectivity index (χ4v) is 1.72. The molecular formula is C12H26N2S. The van der Waals surface area contributed by atoms with E-state index < -0.39 is 0 Å². The van der Waals surface area contributed by atoms with Crippen molar-refractivity contribution in [1.29, 1.82) is 0 Å². The average molecular weight is 230 g/mol. The van der Waals surface area contributed by atoms with Crippen molar-refractivity contribution < 1.29 is 0 Å². The summed E-state index contributed by atoms with van der Waals surface area (Å²) in [5.74, 6) is 1.32. The van der Waals surface area contributed by atoms with E-state index in [2.05, 4.69) is 44.8 Å². The highest BCUT2D eigenvalue weighted by Crippen LogP contribution is 2.04. The van der Waals surface area contributed by atoms with Crippen molar-refractivity contribution in [3.8, 4) is 0 Å². The Labute approximate surface area is 100 Å². The van der Waals surface area contributed by atoms with Crippen LogP contribution < -0.4 is 5.32 Å². The molecule has 0 aliphatic heterocycles. The molecule has 0 atom stereocenters. The van der Waals surface area contributed by atoms with Gasteiger partial charge < -0.3 is 10.2 Å². The van der Waals surface area contributed by atoms with Crippen LogP contribution >= 0.6 is 12.2 Å². The van der Waals surface area contributed by atoms with Gasteiger partial charge >= 0.3 is 0 Å². The molecule has 0 bridgehead atoms. The van der Waals surface area contributed by atoms with Crippen LogP contribution in [0, 0.1) is 11.8 Å². The lowest BCUT2D eigenvalue weighted by atomic mass is 10.1. The number of hydrogen-bond donors (Lipinski definition) is 1. The SMILES string of the molecule is CCCNC(=S)N(CC(C)C)CC(C)C. The molecule has 0 aromatic rings. The summed E-state index contributed by atoms with van der Waals surface area (Å²) < 4.78 is 0. The van der Waals surface area contributed by atoms with E-state index in [0.29, 0.717) is 11.8 Å². The van der Waals surface area contributed by atoms with Crippen molar-refractivity contribution in [3.05, 3.63) is 0 Å². The Bertz CT molecular complexity index is 168. The fourth-order valence-electron chi connectivity index (χ4n) is 1.47. The van der Waals surface area contributed by atoms with Crippen LogP contribution in [-0.4, -0.2) is 29.6 Å². The van der Waals surface area contributed by atoms with E-state index in [0.717, 1.165) is 31.2 Å². The van der Waals surface area contributed by atoms with E-state index in [4.69, 9.17) is 12.2 Å². The van der Waals surface area contributed by atoms with Gasteiger partial charge in [0, 0.05) is 19.6 Å². The first kappa shape index (κ1) is 14.7. The molecule has 0 heterocycles. The Kier molecular flexibility index (Phi) is 7.75. The quantitative estimate of drug-likeness (QED) is 0.706. The third kappa shape index (κ3) is 7.60. The van der Waals surface area contributed by atoms with Crippen molar-refractivity contribution in [3.63, 3.8) is 0 Å². The topological polar surface area (TPSA) is 15.3 Å². The smallest absolute Gasteiger partial charge is 0.168 e. The first-order chi connectivity index (χ1) is 6.97. The van der Waals surface area contributed by atoms with Crippen LogP contribution in [0.1, 0.15) is 41.0 Å². The van der Waals surface area contributed by atoms with Crippen LogP contribution in [0.2, 0.25) is 0 Å². The first-order valence-corrected chi connectivity index (χ1v) is 6.40. The molecule has 0 unspecified atom stereocenters. The molecule has 90 valence electrons. The highest BCUT2D eigenvalue weighted by molar-refractivity contribution is 7.80. The summed E-state index contributed by atoms with van der Waals surface area (Å²) >= 11 is 5.39. The molecule has 0 aromatic heterocycles. The summed E-state index contributed by atoms with van der Waals surface area (Å²) in [6.07, 6.45) is 1.12. The third-order valence-corrected chi connectivity index (χ3v) is 2.39. The zero-order chi connectivity index (χ0) is 11.8. The maximum atomic E-state index is 5.39. The summed E-state index contributed by atoms with van der Waals surface area (Å²) in [5, 5.41) is 4.22. The monoisotopic (exact) mass is 230 g/mol. The van der Waals surface area contributed by atoms with Crippen LogP contribution in [0.4, 0.5) is 0 Å². The number of thiocarbonyl (C=S) groups is 1. The van der Waals surface area contributed by atoms with Gasteiger partial charge in [0.1, 0.15) is 0 Å².